The van der Waals surface area contributed by atoms with E-state index >= 15 is 0 Å². The highest BCUT2D eigenvalue weighted by atomic mass is 32.2. The summed E-state index contributed by atoms with van der Waals surface area (Å²) in [5.74, 6) is -1.49. The molecule has 1 aliphatic heterocycles. The number of nitrogens with one attached hydrogen (secondary N) is 2. The van der Waals surface area contributed by atoms with Crippen LogP contribution in [0.4, 0.5) is 4.79 Å². The zero-order valence-electron chi connectivity index (χ0n) is 14.2. The summed E-state index contributed by atoms with van der Waals surface area (Å²) in [5, 5.41) is 8.91. The minimum absolute atomic E-state index is 0.00935. The summed E-state index contributed by atoms with van der Waals surface area (Å²) in [7, 11) is 0. The number of rotatable bonds is 7. The van der Waals surface area contributed by atoms with E-state index in [1.165, 1.54) is 0 Å². The van der Waals surface area contributed by atoms with Crippen molar-refractivity contribution in [2.75, 3.05) is 6.54 Å². The van der Waals surface area contributed by atoms with Crippen molar-refractivity contribution in [3.05, 3.63) is 22.4 Å². The van der Waals surface area contributed by atoms with Crippen LogP contribution in [0.3, 0.4) is 0 Å². The van der Waals surface area contributed by atoms with Gasteiger partial charge in [0.05, 0.1) is 6.04 Å². The molecule has 0 spiro atoms. The van der Waals surface area contributed by atoms with Crippen molar-refractivity contribution in [3.8, 4) is 0 Å². The molecule has 0 bridgehead atoms. The Kier molecular flexibility index (Phi) is 7.19. The summed E-state index contributed by atoms with van der Waals surface area (Å²) in [5.41, 5.74) is 1.07. The highest BCUT2D eigenvalue weighted by molar-refractivity contribution is 8.12. The second kappa shape index (κ2) is 9.15. The van der Waals surface area contributed by atoms with Crippen LogP contribution in [0.25, 0.3) is 0 Å². The van der Waals surface area contributed by atoms with Gasteiger partial charge in [-0.25, -0.2) is 0 Å². The van der Waals surface area contributed by atoms with Crippen molar-refractivity contribution < 1.29 is 19.2 Å². The van der Waals surface area contributed by atoms with Crippen LogP contribution in [0.1, 0.15) is 32.3 Å². The van der Waals surface area contributed by atoms with Gasteiger partial charge in [-0.05, 0) is 34.7 Å². The third-order valence-corrected chi connectivity index (χ3v) is 5.65. The molecule has 25 heavy (non-hydrogen) atoms. The molecule has 0 aromatic carbocycles. The number of ketones is 2. The third-order valence-electron chi connectivity index (χ3n) is 4.06. The zero-order valence-corrected chi connectivity index (χ0v) is 15.9. The van der Waals surface area contributed by atoms with Crippen LogP contribution in [0.15, 0.2) is 16.8 Å². The molecule has 1 aromatic heterocycles. The standard InChI is InChI=1S/C17H22N2O4S2/c1-10(2)14(19-17(23)25-9-11-4-6-24-8-11)13(20)7-12-3-5-18-16(22)15(12)21/h4,6,8,10,12,14H,3,5,7,9H2,1-2H3,(H,18,22)(H,19,23). The van der Waals surface area contributed by atoms with Crippen molar-refractivity contribution in [3.63, 3.8) is 0 Å². The minimum Gasteiger partial charge on any atom is -0.349 e. The van der Waals surface area contributed by atoms with E-state index in [1.54, 1.807) is 11.3 Å². The summed E-state index contributed by atoms with van der Waals surface area (Å²) in [6, 6.07) is 1.30. The van der Waals surface area contributed by atoms with Gasteiger partial charge in [0.15, 0.2) is 5.78 Å². The average Bonchev–Trinajstić information content (AvgIpc) is 3.08. The van der Waals surface area contributed by atoms with E-state index in [0.29, 0.717) is 18.7 Å². The topological polar surface area (TPSA) is 92.3 Å². The number of carbonyl (C=O) groups excluding carboxylic acids is 4. The van der Waals surface area contributed by atoms with E-state index in [9.17, 15) is 19.2 Å². The van der Waals surface area contributed by atoms with E-state index in [0.717, 1.165) is 17.3 Å². The van der Waals surface area contributed by atoms with Crippen LogP contribution in [0.5, 0.6) is 0 Å². The Morgan fingerprint density at radius 3 is 2.80 bits per heavy atom. The summed E-state index contributed by atoms with van der Waals surface area (Å²) < 4.78 is 0. The fourth-order valence-electron chi connectivity index (χ4n) is 2.64. The monoisotopic (exact) mass is 382 g/mol. The number of hydrogen-bond acceptors (Lipinski definition) is 6. The number of Topliss-reactive ketones (excluding diaryl/α,β-unsaturated/α-hetero) is 2. The van der Waals surface area contributed by atoms with E-state index in [1.807, 2.05) is 30.7 Å². The van der Waals surface area contributed by atoms with E-state index in [4.69, 9.17) is 0 Å². The second-order valence-electron chi connectivity index (χ2n) is 6.35. The average molecular weight is 383 g/mol. The summed E-state index contributed by atoms with van der Waals surface area (Å²) in [6.45, 7) is 4.10. The molecule has 2 amide bonds. The molecule has 2 atom stereocenters. The molecule has 0 saturated carbocycles. The normalized spacial score (nSPS) is 18.8. The molecule has 1 saturated heterocycles. The Bertz CT molecular complexity index is 643. The molecule has 1 aromatic rings. The maximum absolute atomic E-state index is 12.6. The van der Waals surface area contributed by atoms with Gasteiger partial charge in [0.2, 0.25) is 5.78 Å². The first-order valence-electron chi connectivity index (χ1n) is 8.17. The Hall–Kier alpha value is -1.67. The van der Waals surface area contributed by atoms with Gasteiger partial charge in [0, 0.05) is 24.6 Å². The summed E-state index contributed by atoms with van der Waals surface area (Å²) in [6.07, 6.45) is 0.451. The van der Waals surface area contributed by atoms with Crippen molar-refractivity contribution in [1.29, 1.82) is 0 Å². The van der Waals surface area contributed by atoms with Crippen molar-refractivity contribution in [2.24, 2.45) is 11.8 Å². The molecule has 2 N–H and O–H groups in total. The van der Waals surface area contributed by atoms with Crippen LogP contribution < -0.4 is 10.6 Å². The van der Waals surface area contributed by atoms with Gasteiger partial charge >= 0.3 is 0 Å². The SMILES string of the molecule is CC(C)C(NC(=O)SCc1ccsc1)C(=O)CC1CCNC(=O)C1=O. The molecule has 8 heteroatoms. The maximum Gasteiger partial charge on any atom is 0.287 e. The van der Waals surface area contributed by atoms with Crippen molar-refractivity contribution in [2.45, 2.75) is 38.5 Å². The molecule has 136 valence electrons. The first-order valence-corrected chi connectivity index (χ1v) is 10.1. The van der Waals surface area contributed by atoms with Crippen LogP contribution >= 0.6 is 23.1 Å². The molecule has 1 fully saturated rings. The number of piperidine rings is 1. The number of thiophene rings is 1. The predicted molar refractivity (Wildman–Crippen MR) is 98.5 cm³/mol. The lowest BCUT2D eigenvalue weighted by atomic mass is 9.87. The van der Waals surface area contributed by atoms with Crippen molar-refractivity contribution >= 4 is 45.8 Å². The summed E-state index contributed by atoms with van der Waals surface area (Å²) in [4.78, 5) is 48.0. The molecule has 6 nitrogen and oxygen atoms in total. The van der Waals surface area contributed by atoms with E-state index in [2.05, 4.69) is 10.6 Å². The lowest BCUT2D eigenvalue weighted by molar-refractivity contribution is -0.143. The number of carbonyl (C=O) groups is 4. The van der Waals surface area contributed by atoms with Crippen LogP contribution in [-0.2, 0) is 20.1 Å². The minimum atomic E-state index is -0.653. The Labute approximate surface area is 155 Å². The lowest BCUT2D eigenvalue weighted by Gasteiger charge is -2.25. The van der Waals surface area contributed by atoms with Gasteiger partial charge in [-0.1, -0.05) is 25.6 Å². The van der Waals surface area contributed by atoms with Crippen LogP contribution in [0, 0.1) is 11.8 Å². The molecular formula is C17H22N2O4S2. The molecule has 1 aliphatic rings. The van der Waals surface area contributed by atoms with Gasteiger partial charge in [-0.2, -0.15) is 11.3 Å². The van der Waals surface area contributed by atoms with Gasteiger partial charge in [-0.15, -0.1) is 0 Å². The van der Waals surface area contributed by atoms with E-state index in [-0.39, 0.29) is 23.4 Å². The zero-order chi connectivity index (χ0) is 18.4. The quantitative estimate of drug-likeness (QED) is 0.707. The fraction of sp³-hybridized carbons (Fsp3) is 0.529. The Morgan fingerprint density at radius 2 is 2.16 bits per heavy atom. The molecule has 2 heterocycles. The Balaban J connectivity index is 1.90. The smallest absolute Gasteiger partial charge is 0.287 e. The van der Waals surface area contributed by atoms with E-state index < -0.39 is 23.7 Å². The Morgan fingerprint density at radius 1 is 1.40 bits per heavy atom. The molecule has 0 radical (unpaired) electrons. The summed E-state index contributed by atoms with van der Waals surface area (Å²) >= 11 is 2.69. The number of hydrogen-bond donors (Lipinski definition) is 2. The molecule has 2 rings (SSSR count). The number of thioether (sulfide) groups is 1. The molecule has 0 aliphatic carbocycles. The van der Waals surface area contributed by atoms with Gasteiger partial charge in [-0.3, -0.25) is 19.2 Å². The predicted octanol–water partition coefficient (Wildman–Crippen LogP) is 2.38. The maximum atomic E-state index is 12.6. The molecule has 2 unspecified atom stereocenters. The largest absolute Gasteiger partial charge is 0.349 e. The highest BCUT2D eigenvalue weighted by Crippen LogP contribution is 2.19. The van der Waals surface area contributed by atoms with Gasteiger partial charge in [0.1, 0.15) is 0 Å². The first kappa shape index (κ1) is 19.7. The van der Waals surface area contributed by atoms with Crippen LogP contribution in [-0.4, -0.2) is 35.3 Å². The van der Waals surface area contributed by atoms with Crippen LogP contribution in [0.2, 0.25) is 0 Å². The number of amides is 2. The van der Waals surface area contributed by atoms with Gasteiger partial charge in [0.25, 0.3) is 11.1 Å². The van der Waals surface area contributed by atoms with Crippen molar-refractivity contribution in [1.82, 2.24) is 10.6 Å². The second-order valence-corrected chi connectivity index (χ2v) is 8.08. The van der Waals surface area contributed by atoms with Gasteiger partial charge < -0.3 is 10.6 Å². The lowest BCUT2D eigenvalue weighted by Crippen LogP contribution is -2.47. The highest BCUT2D eigenvalue weighted by Gasteiger charge is 2.34. The fourth-order valence-corrected chi connectivity index (χ4v) is 4.10. The first-order chi connectivity index (χ1) is 11.9. The third kappa shape index (κ3) is 5.67. The molecular weight excluding hydrogens is 360 g/mol.